The Morgan fingerprint density at radius 1 is 1.15 bits per heavy atom. The Hall–Kier alpha value is -3.19. The maximum atomic E-state index is 12.4. The molecule has 0 atom stereocenters. The zero-order valence-corrected chi connectivity index (χ0v) is 15.4. The van der Waals surface area contributed by atoms with Gasteiger partial charge in [-0.05, 0) is 42.5 Å². The SMILES string of the molecule is Cc1ccc(/C=C2/C(=N)N3N=C(COc4ccccc4)SC3=NC2=O)cc1. The maximum absolute atomic E-state index is 12.4. The summed E-state index contributed by atoms with van der Waals surface area (Å²) in [5, 5.41) is 15.2. The van der Waals surface area contributed by atoms with E-state index in [0.717, 1.165) is 16.9 Å². The maximum Gasteiger partial charge on any atom is 0.283 e. The van der Waals surface area contributed by atoms with Crippen LogP contribution < -0.4 is 4.74 Å². The van der Waals surface area contributed by atoms with E-state index in [0.29, 0.717) is 10.2 Å². The molecule has 1 amide bonds. The highest BCUT2D eigenvalue weighted by Gasteiger charge is 2.35. The molecule has 0 saturated heterocycles. The van der Waals surface area contributed by atoms with Crippen molar-refractivity contribution in [2.45, 2.75) is 6.92 Å². The zero-order valence-electron chi connectivity index (χ0n) is 14.5. The van der Waals surface area contributed by atoms with Gasteiger partial charge in [0.2, 0.25) is 5.17 Å². The molecule has 0 saturated carbocycles. The van der Waals surface area contributed by atoms with Crippen molar-refractivity contribution in [1.82, 2.24) is 5.01 Å². The Morgan fingerprint density at radius 2 is 1.89 bits per heavy atom. The van der Waals surface area contributed by atoms with Gasteiger partial charge in [0.25, 0.3) is 5.91 Å². The number of hydrazone groups is 1. The first-order valence-electron chi connectivity index (χ1n) is 8.34. The fraction of sp³-hybridized carbons (Fsp3) is 0.100. The molecule has 7 heteroatoms. The van der Waals surface area contributed by atoms with Gasteiger partial charge in [-0.25, -0.2) is 0 Å². The summed E-state index contributed by atoms with van der Waals surface area (Å²) in [5.74, 6) is 0.325. The number of para-hydroxylation sites is 1. The molecule has 6 nitrogen and oxygen atoms in total. The number of aliphatic imine (C=N–C) groups is 1. The van der Waals surface area contributed by atoms with Gasteiger partial charge in [-0.15, -0.1) is 0 Å². The topological polar surface area (TPSA) is 78.1 Å². The molecule has 0 fully saturated rings. The van der Waals surface area contributed by atoms with Crippen molar-refractivity contribution in [1.29, 1.82) is 5.41 Å². The molecule has 0 radical (unpaired) electrons. The molecular formula is C20H16N4O2S. The predicted molar refractivity (Wildman–Crippen MR) is 108 cm³/mol. The first-order valence-corrected chi connectivity index (χ1v) is 9.15. The fourth-order valence-electron chi connectivity index (χ4n) is 2.58. The minimum atomic E-state index is -0.431. The van der Waals surface area contributed by atoms with E-state index in [1.807, 2.05) is 61.5 Å². The van der Waals surface area contributed by atoms with Crippen LogP contribution in [-0.4, -0.2) is 33.6 Å². The number of benzene rings is 2. The summed E-state index contributed by atoms with van der Waals surface area (Å²) >= 11 is 1.24. The average Bonchev–Trinajstić information content (AvgIpc) is 3.09. The minimum absolute atomic E-state index is 0.0211. The molecule has 2 aromatic rings. The zero-order chi connectivity index (χ0) is 18.8. The van der Waals surface area contributed by atoms with Gasteiger partial charge >= 0.3 is 0 Å². The van der Waals surface area contributed by atoms with Gasteiger partial charge in [0.1, 0.15) is 17.4 Å². The van der Waals surface area contributed by atoms with Gasteiger partial charge in [0.15, 0.2) is 5.84 Å². The number of nitrogens with one attached hydrogen (secondary N) is 1. The third kappa shape index (κ3) is 3.68. The number of nitrogens with zero attached hydrogens (tertiary/aromatic N) is 3. The largest absolute Gasteiger partial charge is 0.487 e. The number of fused-ring (bicyclic) bond motifs is 1. The lowest BCUT2D eigenvalue weighted by atomic mass is 10.1. The number of thioether (sulfide) groups is 1. The van der Waals surface area contributed by atoms with Crippen LogP contribution in [-0.2, 0) is 4.79 Å². The van der Waals surface area contributed by atoms with Crippen molar-refractivity contribution in [2.75, 3.05) is 6.61 Å². The molecule has 2 heterocycles. The van der Waals surface area contributed by atoms with Crippen LogP contribution in [0.15, 0.2) is 70.3 Å². The summed E-state index contributed by atoms with van der Waals surface area (Å²) in [5.41, 5.74) is 2.19. The molecule has 2 aliphatic heterocycles. The van der Waals surface area contributed by atoms with E-state index < -0.39 is 5.91 Å². The van der Waals surface area contributed by atoms with Gasteiger partial charge in [-0.3, -0.25) is 10.2 Å². The normalized spacial score (nSPS) is 17.7. The number of hydrogen-bond donors (Lipinski definition) is 1. The Morgan fingerprint density at radius 3 is 2.63 bits per heavy atom. The third-order valence-electron chi connectivity index (χ3n) is 3.99. The summed E-state index contributed by atoms with van der Waals surface area (Å²) in [6.07, 6.45) is 1.67. The molecule has 27 heavy (non-hydrogen) atoms. The average molecular weight is 376 g/mol. The Balaban J connectivity index is 1.53. The van der Waals surface area contributed by atoms with Gasteiger partial charge in [-0.2, -0.15) is 15.1 Å². The van der Waals surface area contributed by atoms with E-state index in [9.17, 15) is 4.79 Å². The Kier molecular flexibility index (Phi) is 4.60. The van der Waals surface area contributed by atoms with Crippen LogP contribution in [0.5, 0.6) is 5.75 Å². The summed E-state index contributed by atoms with van der Waals surface area (Å²) in [6, 6.07) is 17.1. The lowest BCUT2D eigenvalue weighted by Crippen LogP contribution is -2.35. The molecule has 4 rings (SSSR count). The molecular weight excluding hydrogens is 360 g/mol. The number of amides is 1. The van der Waals surface area contributed by atoms with Crippen LogP contribution in [0.2, 0.25) is 0 Å². The van der Waals surface area contributed by atoms with Crippen LogP contribution >= 0.6 is 11.8 Å². The van der Waals surface area contributed by atoms with Crippen molar-refractivity contribution < 1.29 is 9.53 Å². The second-order valence-electron chi connectivity index (χ2n) is 6.03. The van der Waals surface area contributed by atoms with E-state index in [1.54, 1.807) is 6.08 Å². The molecule has 2 aromatic carbocycles. The standard InChI is InChI=1S/C20H16N4O2S/c1-13-7-9-14(10-8-13)11-16-18(21)24-20(22-19(16)25)27-17(23-24)12-26-15-5-3-2-4-6-15/h2-11,21H,12H2,1H3/b16-11-,21-18?. The molecule has 0 spiro atoms. The van der Waals surface area contributed by atoms with Gasteiger partial charge in [-0.1, -0.05) is 48.0 Å². The van der Waals surface area contributed by atoms with Crippen LogP contribution in [0.4, 0.5) is 0 Å². The van der Waals surface area contributed by atoms with Crippen molar-refractivity contribution in [2.24, 2.45) is 10.1 Å². The summed E-state index contributed by atoms with van der Waals surface area (Å²) in [4.78, 5) is 16.5. The summed E-state index contributed by atoms with van der Waals surface area (Å²) in [7, 11) is 0. The van der Waals surface area contributed by atoms with Crippen molar-refractivity contribution in [3.8, 4) is 5.75 Å². The number of amidine groups is 2. The van der Waals surface area contributed by atoms with Gasteiger partial charge in [0.05, 0.1) is 5.57 Å². The van der Waals surface area contributed by atoms with E-state index in [4.69, 9.17) is 10.1 Å². The highest BCUT2D eigenvalue weighted by molar-refractivity contribution is 8.27. The van der Waals surface area contributed by atoms with Crippen molar-refractivity contribution >= 4 is 39.8 Å². The van der Waals surface area contributed by atoms with E-state index in [1.165, 1.54) is 16.8 Å². The van der Waals surface area contributed by atoms with Crippen LogP contribution in [0, 0.1) is 12.3 Å². The number of hydrogen-bond acceptors (Lipinski definition) is 5. The fourth-order valence-corrected chi connectivity index (χ4v) is 3.38. The van der Waals surface area contributed by atoms with Gasteiger partial charge in [0, 0.05) is 0 Å². The number of ether oxygens (including phenoxy) is 1. The van der Waals surface area contributed by atoms with Gasteiger partial charge < -0.3 is 4.74 Å². The monoisotopic (exact) mass is 376 g/mol. The number of carbonyl (C=O) groups is 1. The highest BCUT2D eigenvalue weighted by atomic mass is 32.2. The lowest BCUT2D eigenvalue weighted by Gasteiger charge is -2.20. The second kappa shape index (κ2) is 7.20. The van der Waals surface area contributed by atoms with Crippen LogP contribution in [0.3, 0.4) is 0 Å². The third-order valence-corrected chi connectivity index (χ3v) is 4.87. The van der Waals surface area contributed by atoms with Crippen molar-refractivity contribution in [3.63, 3.8) is 0 Å². The molecule has 0 aliphatic carbocycles. The lowest BCUT2D eigenvalue weighted by molar-refractivity contribution is -0.114. The second-order valence-corrected chi connectivity index (χ2v) is 7.07. The molecule has 2 aliphatic rings. The predicted octanol–water partition coefficient (Wildman–Crippen LogP) is 3.69. The Labute approximate surface area is 160 Å². The smallest absolute Gasteiger partial charge is 0.283 e. The number of rotatable bonds is 4. The quantitative estimate of drug-likeness (QED) is 0.826. The highest BCUT2D eigenvalue weighted by Crippen LogP contribution is 2.28. The number of aryl methyl sites for hydroxylation is 1. The Bertz CT molecular complexity index is 994. The van der Waals surface area contributed by atoms with Crippen LogP contribution in [0.1, 0.15) is 11.1 Å². The van der Waals surface area contributed by atoms with Crippen LogP contribution in [0.25, 0.3) is 6.08 Å². The van der Waals surface area contributed by atoms with E-state index in [-0.39, 0.29) is 18.0 Å². The minimum Gasteiger partial charge on any atom is -0.487 e. The first kappa shape index (κ1) is 17.2. The van der Waals surface area contributed by atoms with E-state index >= 15 is 0 Å². The molecule has 0 aromatic heterocycles. The molecule has 0 bridgehead atoms. The first-order chi connectivity index (χ1) is 13.1. The molecule has 134 valence electrons. The summed E-state index contributed by atoms with van der Waals surface area (Å²) < 4.78 is 5.69. The molecule has 1 N–H and O–H groups in total. The summed E-state index contributed by atoms with van der Waals surface area (Å²) in [6.45, 7) is 2.25. The number of carbonyl (C=O) groups excluding carboxylic acids is 1. The molecule has 0 unspecified atom stereocenters. The van der Waals surface area contributed by atoms with Crippen molar-refractivity contribution in [3.05, 3.63) is 71.3 Å². The van der Waals surface area contributed by atoms with E-state index in [2.05, 4.69) is 10.1 Å².